The predicted octanol–water partition coefficient (Wildman–Crippen LogP) is 1.85. The molecule has 1 aliphatic rings. The highest BCUT2D eigenvalue weighted by Gasteiger charge is 2.27. The molecule has 2 aromatic rings. The number of aromatic nitrogens is 1. The van der Waals surface area contributed by atoms with Crippen LogP contribution in [0.4, 0.5) is 20.7 Å². The van der Waals surface area contributed by atoms with Crippen LogP contribution in [0.15, 0.2) is 47.6 Å². The molecule has 1 atom stereocenters. The number of guanidine groups is 1. The maximum absolute atomic E-state index is 14.9. The molecule has 1 aromatic heterocycles. The summed E-state index contributed by atoms with van der Waals surface area (Å²) in [6.07, 6.45) is 0.527. The van der Waals surface area contributed by atoms with Crippen LogP contribution < -0.4 is 21.3 Å². The first-order valence-corrected chi connectivity index (χ1v) is 8.92. The van der Waals surface area contributed by atoms with E-state index >= 15 is 0 Å². The molecule has 2 heterocycles. The Hall–Kier alpha value is -3.36. The van der Waals surface area contributed by atoms with Crippen LogP contribution in [0, 0.1) is 5.82 Å². The number of pyridine rings is 1. The van der Waals surface area contributed by atoms with Gasteiger partial charge in [0.05, 0.1) is 0 Å². The van der Waals surface area contributed by atoms with Crippen molar-refractivity contribution in [2.75, 3.05) is 29.4 Å². The van der Waals surface area contributed by atoms with E-state index in [0.717, 1.165) is 12.2 Å². The third-order valence-electron chi connectivity index (χ3n) is 4.54. The number of aliphatic imine (C=N–C) groups is 1. The minimum atomic E-state index is -0.970. The SMILES string of the molecule is CC1CN(c2nccc(COC(=O)N=C(N)N)c2F)CCN1c1ccccc1. The molecule has 28 heavy (non-hydrogen) atoms. The normalized spacial score (nSPS) is 16.6. The number of ether oxygens (including phenoxy) is 1. The number of anilines is 2. The Labute approximate surface area is 162 Å². The van der Waals surface area contributed by atoms with Crippen molar-refractivity contribution >= 4 is 23.6 Å². The molecule has 1 fully saturated rings. The number of para-hydroxylation sites is 1. The van der Waals surface area contributed by atoms with Gasteiger partial charge in [0, 0.05) is 43.1 Å². The van der Waals surface area contributed by atoms with Crippen LogP contribution in [0.3, 0.4) is 0 Å². The van der Waals surface area contributed by atoms with Crippen LogP contribution in [-0.2, 0) is 11.3 Å². The lowest BCUT2D eigenvalue weighted by Gasteiger charge is -2.41. The number of nitrogens with zero attached hydrogens (tertiary/aromatic N) is 4. The summed E-state index contributed by atoms with van der Waals surface area (Å²) in [5.74, 6) is -0.679. The number of hydrogen-bond donors (Lipinski definition) is 2. The Morgan fingerprint density at radius 3 is 2.71 bits per heavy atom. The highest BCUT2D eigenvalue weighted by Crippen LogP contribution is 2.26. The molecule has 1 unspecified atom stereocenters. The molecule has 8 nitrogen and oxygen atoms in total. The molecule has 1 amide bonds. The van der Waals surface area contributed by atoms with Crippen molar-refractivity contribution < 1.29 is 13.9 Å². The first kappa shape index (κ1) is 19.4. The Balaban J connectivity index is 1.69. The average molecular weight is 386 g/mol. The van der Waals surface area contributed by atoms with Gasteiger partial charge in [0.25, 0.3) is 0 Å². The Bertz CT molecular complexity index is 857. The number of piperazine rings is 1. The quantitative estimate of drug-likeness (QED) is 0.609. The van der Waals surface area contributed by atoms with Gasteiger partial charge in [0.2, 0.25) is 0 Å². The lowest BCUT2D eigenvalue weighted by molar-refractivity contribution is 0.149. The van der Waals surface area contributed by atoms with Crippen molar-refractivity contribution in [1.29, 1.82) is 0 Å². The fourth-order valence-electron chi connectivity index (χ4n) is 3.23. The van der Waals surface area contributed by atoms with Crippen molar-refractivity contribution in [3.63, 3.8) is 0 Å². The zero-order valence-electron chi connectivity index (χ0n) is 15.6. The van der Waals surface area contributed by atoms with Gasteiger partial charge in [-0.2, -0.15) is 0 Å². The maximum atomic E-state index is 14.9. The summed E-state index contributed by atoms with van der Waals surface area (Å²) < 4.78 is 19.8. The summed E-state index contributed by atoms with van der Waals surface area (Å²) in [6.45, 7) is 3.81. The third-order valence-corrected chi connectivity index (χ3v) is 4.54. The number of carbonyl (C=O) groups excluding carboxylic acids is 1. The zero-order chi connectivity index (χ0) is 20.1. The minimum absolute atomic E-state index is 0.181. The maximum Gasteiger partial charge on any atom is 0.437 e. The van der Waals surface area contributed by atoms with Crippen molar-refractivity contribution in [3.8, 4) is 0 Å². The van der Waals surface area contributed by atoms with Crippen LogP contribution >= 0.6 is 0 Å². The average Bonchev–Trinajstić information content (AvgIpc) is 2.67. The molecule has 0 saturated carbocycles. The lowest BCUT2D eigenvalue weighted by atomic mass is 10.1. The molecule has 148 valence electrons. The van der Waals surface area contributed by atoms with E-state index in [9.17, 15) is 9.18 Å². The number of hydrogen-bond acceptors (Lipinski definition) is 5. The van der Waals surface area contributed by atoms with Gasteiger partial charge in [-0.1, -0.05) is 18.2 Å². The van der Waals surface area contributed by atoms with Crippen LogP contribution in [0.2, 0.25) is 0 Å². The van der Waals surface area contributed by atoms with Crippen molar-refractivity contribution in [2.45, 2.75) is 19.6 Å². The van der Waals surface area contributed by atoms with Gasteiger partial charge in [0.1, 0.15) is 6.61 Å². The van der Waals surface area contributed by atoms with Gasteiger partial charge in [-0.05, 0) is 25.1 Å². The lowest BCUT2D eigenvalue weighted by Crippen LogP contribution is -2.52. The fourth-order valence-corrected chi connectivity index (χ4v) is 3.23. The highest BCUT2D eigenvalue weighted by molar-refractivity contribution is 5.87. The number of nitrogens with two attached hydrogens (primary N) is 2. The zero-order valence-corrected chi connectivity index (χ0v) is 15.6. The van der Waals surface area contributed by atoms with Crippen LogP contribution in [-0.4, -0.2) is 42.7 Å². The van der Waals surface area contributed by atoms with Crippen molar-refractivity contribution in [2.24, 2.45) is 16.5 Å². The first-order chi connectivity index (χ1) is 13.5. The van der Waals surface area contributed by atoms with Gasteiger partial charge < -0.3 is 26.0 Å². The van der Waals surface area contributed by atoms with E-state index in [1.807, 2.05) is 23.1 Å². The number of benzene rings is 1. The molecular weight excluding hydrogens is 363 g/mol. The van der Waals surface area contributed by atoms with Gasteiger partial charge in [-0.3, -0.25) is 0 Å². The van der Waals surface area contributed by atoms with E-state index in [-0.39, 0.29) is 24.0 Å². The molecule has 1 saturated heterocycles. The van der Waals surface area contributed by atoms with Gasteiger partial charge in [0.15, 0.2) is 17.6 Å². The van der Waals surface area contributed by atoms with Crippen LogP contribution in [0.5, 0.6) is 0 Å². The van der Waals surface area contributed by atoms with E-state index < -0.39 is 17.9 Å². The minimum Gasteiger partial charge on any atom is -0.443 e. The molecule has 4 N–H and O–H groups in total. The van der Waals surface area contributed by atoms with E-state index in [2.05, 4.69) is 33.9 Å². The predicted molar refractivity (Wildman–Crippen MR) is 106 cm³/mol. The molecule has 0 aliphatic carbocycles. The Morgan fingerprint density at radius 2 is 2.04 bits per heavy atom. The monoisotopic (exact) mass is 386 g/mol. The largest absolute Gasteiger partial charge is 0.443 e. The number of halogens is 1. The molecule has 9 heteroatoms. The molecule has 3 rings (SSSR count). The van der Waals surface area contributed by atoms with E-state index in [4.69, 9.17) is 16.2 Å². The summed E-state index contributed by atoms with van der Waals surface area (Å²) in [7, 11) is 0. The van der Waals surface area contributed by atoms with Crippen LogP contribution in [0.25, 0.3) is 0 Å². The molecule has 1 aromatic carbocycles. The Kier molecular flexibility index (Phi) is 5.93. The summed E-state index contributed by atoms with van der Waals surface area (Å²) in [4.78, 5) is 23.0. The van der Waals surface area contributed by atoms with Gasteiger partial charge in [-0.15, -0.1) is 4.99 Å². The summed E-state index contributed by atoms with van der Waals surface area (Å²) in [5.41, 5.74) is 11.6. The van der Waals surface area contributed by atoms with E-state index in [0.29, 0.717) is 13.1 Å². The molecule has 0 spiro atoms. The molecular formula is C19H23FN6O2. The second-order valence-electron chi connectivity index (χ2n) is 6.52. The van der Waals surface area contributed by atoms with Gasteiger partial charge in [-0.25, -0.2) is 14.2 Å². The van der Waals surface area contributed by atoms with E-state index in [1.54, 1.807) is 0 Å². The topological polar surface area (TPSA) is 110 Å². The summed E-state index contributed by atoms with van der Waals surface area (Å²) in [5, 5.41) is 0. The highest BCUT2D eigenvalue weighted by atomic mass is 19.1. The molecule has 0 bridgehead atoms. The van der Waals surface area contributed by atoms with Crippen LogP contribution in [0.1, 0.15) is 12.5 Å². The second kappa shape index (κ2) is 8.55. The number of carbonyl (C=O) groups is 1. The van der Waals surface area contributed by atoms with Crippen molar-refractivity contribution in [3.05, 3.63) is 54.0 Å². The number of rotatable bonds is 4. The smallest absolute Gasteiger partial charge is 0.437 e. The number of amides is 1. The molecule has 1 aliphatic heterocycles. The first-order valence-electron chi connectivity index (χ1n) is 8.92. The van der Waals surface area contributed by atoms with E-state index in [1.165, 1.54) is 12.3 Å². The van der Waals surface area contributed by atoms with Gasteiger partial charge >= 0.3 is 6.09 Å². The molecule has 0 radical (unpaired) electrons. The third kappa shape index (κ3) is 4.48. The Morgan fingerprint density at radius 1 is 1.29 bits per heavy atom. The summed E-state index contributed by atoms with van der Waals surface area (Å²) >= 11 is 0. The standard InChI is InChI=1S/C19H23FN6O2/c1-13-11-25(9-10-26(13)15-5-3-2-4-6-15)17-16(20)14(7-8-23-17)12-28-19(27)24-18(21)22/h2-8,13H,9-12H2,1H3,(H4,21,22,24,27). The van der Waals surface area contributed by atoms with Crippen molar-refractivity contribution in [1.82, 2.24) is 4.98 Å². The summed E-state index contributed by atoms with van der Waals surface area (Å²) in [6, 6.07) is 11.8. The second-order valence-corrected chi connectivity index (χ2v) is 6.52. The fraction of sp³-hybridized carbons (Fsp3) is 0.316.